The van der Waals surface area contributed by atoms with Crippen molar-refractivity contribution in [3.8, 4) is 0 Å². The van der Waals surface area contributed by atoms with E-state index in [0.29, 0.717) is 5.57 Å². The number of rotatable bonds is 4. The first kappa shape index (κ1) is 13.7. The fourth-order valence-corrected chi connectivity index (χ4v) is 1.55. The van der Waals surface area contributed by atoms with Crippen molar-refractivity contribution in [3.05, 3.63) is 11.1 Å². The van der Waals surface area contributed by atoms with Crippen molar-refractivity contribution < 1.29 is 14.3 Å². The molecule has 0 unspecified atom stereocenters. The molecule has 0 aromatic rings. The number of methoxy groups -OCH3 is 1. The normalized spacial score (nSPS) is 16.2. The zero-order valence-electron chi connectivity index (χ0n) is 10.8. The zero-order valence-corrected chi connectivity index (χ0v) is 10.8. The highest BCUT2D eigenvalue weighted by Crippen LogP contribution is 2.10. The number of nitrogens with one attached hydrogen (secondary N) is 2. The minimum absolute atomic E-state index is 0.00344. The maximum Gasteiger partial charge on any atom is 0.328 e. The van der Waals surface area contributed by atoms with Crippen LogP contribution in [0.2, 0.25) is 0 Å². The molecule has 5 heteroatoms. The molecule has 0 spiro atoms. The summed E-state index contributed by atoms with van der Waals surface area (Å²) >= 11 is 0. The van der Waals surface area contributed by atoms with Crippen LogP contribution in [0.3, 0.4) is 0 Å². The lowest BCUT2D eigenvalue weighted by molar-refractivity contribution is -0.145. The summed E-state index contributed by atoms with van der Waals surface area (Å²) in [6, 6.07) is -0.587. The molecule has 1 heterocycles. The van der Waals surface area contributed by atoms with Crippen molar-refractivity contribution in [2.24, 2.45) is 5.92 Å². The number of carbonyl (C=O) groups is 2. The summed E-state index contributed by atoms with van der Waals surface area (Å²) in [6.45, 7) is 7.03. The van der Waals surface area contributed by atoms with E-state index in [1.54, 1.807) is 6.92 Å². The first-order valence-electron chi connectivity index (χ1n) is 5.75. The minimum atomic E-state index is -0.587. The van der Waals surface area contributed by atoms with Crippen LogP contribution in [0.15, 0.2) is 11.1 Å². The van der Waals surface area contributed by atoms with Crippen molar-refractivity contribution in [2.75, 3.05) is 20.2 Å². The molecule has 0 saturated carbocycles. The molecule has 0 aliphatic carbocycles. The molecule has 0 radical (unpaired) electrons. The van der Waals surface area contributed by atoms with Crippen LogP contribution in [-0.4, -0.2) is 38.1 Å². The number of amides is 1. The summed E-state index contributed by atoms with van der Waals surface area (Å²) in [5.74, 6) is -0.591. The Kier molecular flexibility index (Phi) is 4.69. The highest BCUT2D eigenvalue weighted by molar-refractivity contribution is 5.96. The van der Waals surface area contributed by atoms with Crippen LogP contribution in [0.25, 0.3) is 0 Å². The third-order valence-corrected chi connectivity index (χ3v) is 2.96. The maximum absolute atomic E-state index is 11.9. The van der Waals surface area contributed by atoms with Crippen LogP contribution in [0, 0.1) is 5.92 Å². The molecule has 0 aromatic carbocycles. The van der Waals surface area contributed by atoms with Crippen molar-refractivity contribution in [2.45, 2.75) is 26.8 Å². The Labute approximate surface area is 102 Å². The van der Waals surface area contributed by atoms with Crippen LogP contribution in [0.4, 0.5) is 0 Å². The molecule has 1 saturated heterocycles. The maximum atomic E-state index is 11.9. The molecule has 0 aromatic heterocycles. The van der Waals surface area contributed by atoms with E-state index >= 15 is 0 Å². The van der Waals surface area contributed by atoms with Gasteiger partial charge >= 0.3 is 5.97 Å². The second-order valence-electron chi connectivity index (χ2n) is 4.55. The van der Waals surface area contributed by atoms with Gasteiger partial charge in [-0.2, -0.15) is 0 Å². The number of esters is 1. The molecule has 5 nitrogen and oxygen atoms in total. The molecule has 96 valence electrons. The Bertz CT molecular complexity index is 342. The van der Waals surface area contributed by atoms with Gasteiger partial charge in [0.05, 0.1) is 7.11 Å². The quantitative estimate of drug-likeness (QED) is 0.545. The first-order valence-corrected chi connectivity index (χ1v) is 5.75. The Hall–Kier alpha value is -1.36. The molecule has 1 aliphatic rings. The molecule has 1 atom stereocenters. The molecular weight excluding hydrogens is 220 g/mol. The number of hydrogen-bond acceptors (Lipinski definition) is 4. The predicted octanol–water partition coefficient (Wildman–Crippen LogP) is 0.220. The molecule has 17 heavy (non-hydrogen) atoms. The van der Waals surface area contributed by atoms with Crippen molar-refractivity contribution in [1.82, 2.24) is 10.6 Å². The molecule has 1 fully saturated rings. The van der Waals surface area contributed by atoms with E-state index in [9.17, 15) is 9.59 Å². The molecular formula is C12H20N2O3. The summed E-state index contributed by atoms with van der Waals surface area (Å²) in [6.07, 6.45) is 0. The Morgan fingerprint density at radius 3 is 2.29 bits per heavy atom. The smallest absolute Gasteiger partial charge is 0.328 e. The summed E-state index contributed by atoms with van der Waals surface area (Å²) in [7, 11) is 1.32. The van der Waals surface area contributed by atoms with Crippen molar-refractivity contribution in [3.63, 3.8) is 0 Å². The average Bonchev–Trinajstić information content (AvgIpc) is 2.21. The van der Waals surface area contributed by atoms with Crippen LogP contribution < -0.4 is 10.6 Å². The third-order valence-electron chi connectivity index (χ3n) is 2.96. The van der Waals surface area contributed by atoms with Gasteiger partial charge in [0.25, 0.3) is 0 Å². The average molecular weight is 240 g/mol. The SMILES string of the molecule is COC(=O)[C@@H](NC(=O)C(C)=C1CNC1)C(C)C. The molecule has 0 bridgehead atoms. The predicted molar refractivity (Wildman–Crippen MR) is 64.4 cm³/mol. The van der Waals surface area contributed by atoms with Gasteiger partial charge in [0.1, 0.15) is 6.04 Å². The lowest BCUT2D eigenvalue weighted by atomic mass is 10.0. The van der Waals surface area contributed by atoms with E-state index < -0.39 is 12.0 Å². The molecule has 2 N–H and O–H groups in total. The lowest BCUT2D eigenvalue weighted by Gasteiger charge is -2.24. The van der Waals surface area contributed by atoms with E-state index in [-0.39, 0.29) is 11.8 Å². The van der Waals surface area contributed by atoms with E-state index in [0.717, 1.165) is 18.7 Å². The highest BCUT2D eigenvalue weighted by atomic mass is 16.5. The number of hydrogen-bond donors (Lipinski definition) is 2. The second kappa shape index (κ2) is 5.82. The third kappa shape index (κ3) is 3.30. The fraction of sp³-hybridized carbons (Fsp3) is 0.667. The number of carbonyl (C=O) groups excluding carboxylic acids is 2. The van der Waals surface area contributed by atoms with Gasteiger partial charge < -0.3 is 15.4 Å². The molecule has 1 rings (SSSR count). The van der Waals surface area contributed by atoms with E-state index in [2.05, 4.69) is 15.4 Å². The Morgan fingerprint density at radius 2 is 1.94 bits per heavy atom. The van der Waals surface area contributed by atoms with Gasteiger partial charge in [0.15, 0.2) is 0 Å². The van der Waals surface area contributed by atoms with Gasteiger partial charge in [-0.3, -0.25) is 4.79 Å². The summed E-state index contributed by atoms with van der Waals surface area (Å²) in [4.78, 5) is 23.4. The number of ether oxygens (including phenoxy) is 1. The lowest BCUT2D eigenvalue weighted by Crippen LogP contribution is -2.46. The Morgan fingerprint density at radius 1 is 1.35 bits per heavy atom. The first-order chi connectivity index (χ1) is 7.97. The fourth-order valence-electron chi connectivity index (χ4n) is 1.55. The van der Waals surface area contributed by atoms with Gasteiger partial charge in [0.2, 0.25) is 5.91 Å². The largest absolute Gasteiger partial charge is 0.467 e. The van der Waals surface area contributed by atoms with E-state index in [1.807, 2.05) is 13.8 Å². The standard InChI is InChI=1S/C12H20N2O3/c1-7(2)10(12(16)17-4)14-11(15)8(3)9-5-13-6-9/h7,10,13H,5-6H2,1-4H3,(H,14,15)/t10-/m0/s1. The van der Waals surface area contributed by atoms with Crippen LogP contribution in [0.5, 0.6) is 0 Å². The second-order valence-corrected chi connectivity index (χ2v) is 4.55. The summed E-state index contributed by atoms with van der Waals surface area (Å²) in [5, 5.41) is 5.79. The zero-order chi connectivity index (χ0) is 13.0. The minimum Gasteiger partial charge on any atom is -0.467 e. The van der Waals surface area contributed by atoms with Crippen LogP contribution >= 0.6 is 0 Å². The van der Waals surface area contributed by atoms with Crippen molar-refractivity contribution >= 4 is 11.9 Å². The monoisotopic (exact) mass is 240 g/mol. The van der Waals surface area contributed by atoms with Gasteiger partial charge in [-0.25, -0.2) is 4.79 Å². The summed E-state index contributed by atoms with van der Waals surface area (Å²) in [5.41, 5.74) is 1.79. The van der Waals surface area contributed by atoms with Crippen molar-refractivity contribution in [1.29, 1.82) is 0 Å². The van der Waals surface area contributed by atoms with Gasteiger partial charge in [-0.15, -0.1) is 0 Å². The van der Waals surface area contributed by atoms with E-state index in [1.165, 1.54) is 7.11 Å². The van der Waals surface area contributed by atoms with Gasteiger partial charge in [-0.05, 0) is 18.4 Å². The Balaban J connectivity index is 2.67. The molecule has 1 amide bonds. The van der Waals surface area contributed by atoms with Gasteiger partial charge in [-0.1, -0.05) is 13.8 Å². The van der Waals surface area contributed by atoms with Crippen LogP contribution in [-0.2, 0) is 14.3 Å². The summed E-state index contributed by atoms with van der Waals surface area (Å²) < 4.78 is 4.67. The van der Waals surface area contributed by atoms with Gasteiger partial charge in [0, 0.05) is 18.7 Å². The highest BCUT2D eigenvalue weighted by Gasteiger charge is 2.26. The molecule has 1 aliphatic heterocycles. The van der Waals surface area contributed by atoms with E-state index in [4.69, 9.17) is 0 Å². The topological polar surface area (TPSA) is 67.4 Å². The van der Waals surface area contributed by atoms with Crippen LogP contribution in [0.1, 0.15) is 20.8 Å².